The molecule has 0 aliphatic carbocycles. The maximum absolute atomic E-state index is 13.0. The van der Waals surface area contributed by atoms with Crippen LogP contribution in [-0.2, 0) is 11.3 Å². The van der Waals surface area contributed by atoms with Crippen molar-refractivity contribution in [2.45, 2.75) is 24.9 Å². The molecular formula is C21H24N3O2+. The highest BCUT2D eigenvalue weighted by Crippen LogP contribution is 2.38. The first-order chi connectivity index (χ1) is 12.6. The summed E-state index contributed by atoms with van der Waals surface area (Å²) in [6.07, 6.45) is 1.39. The van der Waals surface area contributed by atoms with E-state index < -0.39 is 5.54 Å². The number of imide groups is 1. The van der Waals surface area contributed by atoms with E-state index in [1.165, 1.54) is 15.4 Å². The number of hydrogen-bond acceptors (Lipinski definition) is 2. The number of anilines is 1. The molecule has 2 aliphatic rings. The summed E-state index contributed by atoms with van der Waals surface area (Å²) in [4.78, 5) is 30.3. The Kier molecular flexibility index (Phi) is 4.24. The van der Waals surface area contributed by atoms with Crippen LogP contribution in [0.5, 0.6) is 0 Å². The number of hydrogen-bond donors (Lipinski definition) is 1. The van der Waals surface area contributed by atoms with Crippen molar-refractivity contribution in [1.29, 1.82) is 0 Å². The van der Waals surface area contributed by atoms with Crippen LogP contribution in [0.4, 0.5) is 10.5 Å². The topological polar surface area (TPSA) is 45.1 Å². The maximum Gasteiger partial charge on any atom is 0.331 e. The smallest absolute Gasteiger partial charge is 0.331 e. The molecule has 2 saturated heterocycles. The average molecular weight is 350 g/mol. The van der Waals surface area contributed by atoms with E-state index in [0.29, 0.717) is 12.8 Å². The largest absolute Gasteiger partial charge is 0.331 e. The zero-order valence-electron chi connectivity index (χ0n) is 15.0. The Morgan fingerprint density at radius 1 is 0.923 bits per heavy atom. The number of nitrogens with one attached hydrogen (secondary N) is 1. The molecule has 2 aliphatic heterocycles. The lowest BCUT2D eigenvalue weighted by Gasteiger charge is -2.40. The third-order valence-electron chi connectivity index (χ3n) is 5.70. The summed E-state index contributed by atoms with van der Waals surface area (Å²) in [5, 5.41) is 0. The summed E-state index contributed by atoms with van der Waals surface area (Å²) in [6, 6.07) is 19.8. The Labute approximate surface area is 153 Å². The molecule has 134 valence electrons. The van der Waals surface area contributed by atoms with E-state index in [1.54, 1.807) is 11.9 Å². The van der Waals surface area contributed by atoms with Gasteiger partial charge in [-0.25, -0.2) is 4.79 Å². The number of rotatable bonds is 3. The zero-order chi connectivity index (χ0) is 18.1. The molecule has 0 bridgehead atoms. The molecule has 5 nitrogen and oxygen atoms in total. The minimum Gasteiger partial charge on any atom is -0.331 e. The number of amides is 3. The van der Waals surface area contributed by atoms with E-state index in [2.05, 4.69) is 24.3 Å². The minimum absolute atomic E-state index is 0.0647. The Balaban J connectivity index is 1.57. The van der Waals surface area contributed by atoms with Gasteiger partial charge in [-0.1, -0.05) is 48.5 Å². The normalized spacial score (nSPS) is 26.0. The fourth-order valence-electron chi connectivity index (χ4n) is 4.28. The molecule has 2 aromatic carbocycles. The second-order valence-electron chi connectivity index (χ2n) is 7.26. The van der Waals surface area contributed by atoms with Crippen molar-refractivity contribution in [3.05, 3.63) is 66.2 Å². The van der Waals surface area contributed by atoms with Crippen LogP contribution in [0, 0.1) is 0 Å². The van der Waals surface area contributed by atoms with E-state index in [1.807, 2.05) is 36.4 Å². The predicted molar refractivity (Wildman–Crippen MR) is 99.9 cm³/mol. The van der Waals surface area contributed by atoms with E-state index >= 15 is 0 Å². The number of likely N-dealkylation sites (tertiary alicyclic amines) is 1. The summed E-state index contributed by atoms with van der Waals surface area (Å²) in [5.41, 5.74) is 1.39. The first-order valence-corrected chi connectivity index (χ1v) is 9.17. The van der Waals surface area contributed by atoms with Crippen LogP contribution in [0.3, 0.4) is 0 Å². The Hall–Kier alpha value is -2.66. The van der Waals surface area contributed by atoms with Gasteiger partial charge >= 0.3 is 6.03 Å². The van der Waals surface area contributed by atoms with Crippen molar-refractivity contribution in [2.24, 2.45) is 0 Å². The number of carbonyl (C=O) groups is 2. The van der Waals surface area contributed by atoms with Gasteiger partial charge in [-0.3, -0.25) is 14.6 Å². The van der Waals surface area contributed by atoms with Crippen LogP contribution in [-0.4, -0.2) is 42.5 Å². The Morgan fingerprint density at radius 2 is 1.50 bits per heavy atom. The number of likely N-dealkylation sites (N-methyl/N-ethyl adjacent to an activating group) is 1. The van der Waals surface area contributed by atoms with Crippen molar-refractivity contribution in [1.82, 2.24) is 4.90 Å². The molecule has 0 aromatic heterocycles. The minimum atomic E-state index is -0.729. The van der Waals surface area contributed by atoms with Gasteiger partial charge in [0.05, 0.1) is 13.1 Å². The third kappa shape index (κ3) is 2.69. The highest BCUT2D eigenvalue weighted by molar-refractivity contribution is 6.16. The number of quaternary nitrogens is 1. The van der Waals surface area contributed by atoms with Gasteiger partial charge < -0.3 is 4.90 Å². The predicted octanol–water partition coefficient (Wildman–Crippen LogP) is 1.70. The van der Waals surface area contributed by atoms with Gasteiger partial charge in [0, 0.05) is 31.1 Å². The first kappa shape index (κ1) is 16.8. The van der Waals surface area contributed by atoms with Crippen LogP contribution >= 0.6 is 0 Å². The molecule has 1 spiro atoms. The van der Waals surface area contributed by atoms with Crippen LogP contribution in [0.1, 0.15) is 18.4 Å². The number of urea groups is 1. The van der Waals surface area contributed by atoms with Crippen LogP contribution in [0.15, 0.2) is 60.7 Å². The third-order valence-corrected chi connectivity index (χ3v) is 5.70. The van der Waals surface area contributed by atoms with Crippen LogP contribution in [0.25, 0.3) is 0 Å². The molecular weight excluding hydrogens is 326 g/mol. The van der Waals surface area contributed by atoms with E-state index in [-0.39, 0.29) is 11.9 Å². The van der Waals surface area contributed by atoms with Gasteiger partial charge in [0.2, 0.25) is 0 Å². The molecule has 0 saturated carbocycles. The van der Waals surface area contributed by atoms with Crippen molar-refractivity contribution in [3.8, 4) is 0 Å². The maximum atomic E-state index is 13.0. The lowest BCUT2D eigenvalue weighted by atomic mass is 9.85. The molecule has 2 fully saturated rings. The molecule has 0 atom stereocenters. The molecule has 5 heteroatoms. The molecule has 4 rings (SSSR count). The summed E-state index contributed by atoms with van der Waals surface area (Å²) in [6.45, 7) is 2.72. The summed E-state index contributed by atoms with van der Waals surface area (Å²) < 4.78 is 0. The number of carbonyl (C=O) groups excluding carboxylic acids is 2. The van der Waals surface area contributed by atoms with E-state index in [9.17, 15) is 9.59 Å². The summed E-state index contributed by atoms with van der Waals surface area (Å²) in [5.74, 6) is -0.0647. The average Bonchev–Trinajstić information content (AvgIpc) is 2.86. The van der Waals surface area contributed by atoms with Crippen LogP contribution in [0.2, 0.25) is 0 Å². The molecule has 1 N–H and O–H groups in total. The van der Waals surface area contributed by atoms with Gasteiger partial charge in [0.1, 0.15) is 12.1 Å². The molecule has 26 heavy (non-hydrogen) atoms. The Bertz CT molecular complexity index is 799. The highest BCUT2D eigenvalue weighted by atomic mass is 16.2. The standard InChI is InChI=1S/C21H23N3O2/c1-22-19(25)21(24(20(22)26)18-10-6-3-7-11-18)12-14-23(15-13-21)16-17-8-4-2-5-9-17/h2-11H,12-16H2,1H3/p+1. The summed E-state index contributed by atoms with van der Waals surface area (Å²) >= 11 is 0. The lowest BCUT2D eigenvalue weighted by Crippen LogP contribution is -3.12. The second-order valence-corrected chi connectivity index (χ2v) is 7.26. The Morgan fingerprint density at radius 3 is 2.12 bits per heavy atom. The SMILES string of the molecule is CN1C(=O)N(c2ccccc2)C2(CC[NH+](Cc3ccccc3)CC2)C1=O. The van der Waals surface area contributed by atoms with Crippen molar-refractivity contribution < 1.29 is 14.5 Å². The second kappa shape index (κ2) is 6.57. The van der Waals surface area contributed by atoms with Gasteiger partial charge in [-0.2, -0.15) is 0 Å². The van der Waals surface area contributed by atoms with Gasteiger partial charge in [-0.15, -0.1) is 0 Å². The number of nitrogens with zero attached hydrogens (tertiary/aromatic N) is 2. The van der Waals surface area contributed by atoms with E-state index in [4.69, 9.17) is 0 Å². The molecule has 2 heterocycles. The zero-order valence-corrected chi connectivity index (χ0v) is 15.0. The number of para-hydroxylation sites is 1. The fourth-order valence-corrected chi connectivity index (χ4v) is 4.28. The van der Waals surface area contributed by atoms with Gasteiger partial charge in [0.15, 0.2) is 0 Å². The molecule has 0 radical (unpaired) electrons. The monoisotopic (exact) mass is 350 g/mol. The highest BCUT2D eigenvalue weighted by Gasteiger charge is 2.58. The molecule has 0 unspecified atom stereocenters. The van der Waals surface area contributed by atoms with E-state index in [0.717, 1.165) is 25.3 Å². The quantitative estimate of drug-likeness (QED) is 0.857. The van der Waals surface area contributed by atoms with Gasteiger partial charge in [0.25, 0.3) is 5.91 Å². The number of benzene rings is 2. The van der Waals surface area contributed by atoms with Crippen molar-refractivity contribution >= 4 is 17.6 Å². The van der Waals surface area contributed by atoms with Crippen LogP contribution < -0.4 is 9.80 Å². The van der Waals surface area contributed by atoms with Crippen molar-refractivity contribution in [2.75, 3.05) is 25.0 Å². The number of piperidine rings is 1. The first-order valence-electron chi connectivity index (χ1n) is 9.17. The molecule has 3 amide bonds. The van der Waals surface area contributed by atoms with Gasteiger partial charge in [-0.05, 0) is 12.1 Å². The molecule has 2 aromatic rings. The fraction of sp³-hybridized carbons (Fsp3) is 0.333. The van der Waals surface area contributed by atoms with Crippen molar-refractivity contribution in [3.63, 3.8) is 0 Å². The summed E-state index contributed by atoms with van der Waals surface area (Å²) in [7, 11) is 1.60. The lowest BCUT2D eigenvalue weighted by molar-refractivity contribution is -0.919.